The third kappa shape index (κ3) is 4.22. The minimum atomic E-state index is -0.722. The summed E-state index contributed by atoms with van der Waals surface area (Å²) in [6.45, 7) is 6.53. The largest absolute Gasteiger partial charge is 0.380 e. The number of hydrogen-bond donors (Lipinski definition) is 0. The summed E-state index contributed by atoms with van der Waals surface area (Å²) in [5, 5.41) is 10.8. The number of rotatable bonds is 7. The lowest BCUT2D eigenvalue weighted by molar-refractivity contribution is -0.385. The molecular weight excluding hydrogens is 279 g/mol. The van der Waals surface area contributed by atoms with E-state index in [1.165, 1.54) is 11.8 Å². The summed E-state index contributed by atoms with van der Waals surface area (Å²) in [5.74, 6) is -1.29. The van der Waals surface area contributed by atoms with Crippen LogP contribution in [-0.4, -0.2) is 42.0 Å². The maximum atomic E-state index is 14.1. The predicted octanol–water partition coefficient (Wildman–Crippen LogP) is 2.54. The van der Waals surface area contributed by atoms with Gasteiger partial charge in [-0.05, 0) is 26.3 Å². The molecule has 0 unspecified atom stereocenters. The average Bonchev–Trinajstić information content (AvgIpc) is 2.45. The zero-order chi connectivity index (χ0) is 16.0. The number of nitrogens with zero attached hydrogens (tertiary/aromatic N) is 2. The third-order valence-electron chi connectivity index (χ3n) is 3.06. The number of ether oxygens (including phenoxy) is 1. The molecule has 0 radical (unpaired) electrons. The van der Waals surface area contributed by atoms with E-state index in [0.717, 1.165) is 12.1 Å². The minimum Gasteiger partial charge on any atom is -0.380 e. The van der Waals surface area contributed by atoms with Gasteiger partial charge in [0.1, 0.15) is 5.82 Å². The Morgan fingerprint density at radius 2 is 2.10 bits per heavy atom. The molecule has 0 saturated carbocycles. The van der Waals surface area contributed by atoms with Crippen LogP contribution < -0.4 is 0 Å². The number of nitro benzene ring substituents is 1. The van der Waals surface area contributed by atoms with Gasteiger partial charge in [0.05, 0.1) is 17.1 Å². The van der Waals surface area contributed by atoms with Crippen LogP contribution in [0.15, 0.2) is 12.1 Å². The topological polar surface area (TPSA) is 72.7 Å². The van der Waals surface area contributed by atoms with Gasteiger partial charge in [-0.2, -0.15) is 0 Å². The summed E-state index contributed by atoms with van der Waals surface area (Å²) in [4.78, 5) is 23.9. The first-order valence-corrected chi connectivity index (χ1v) is 6.73. The van der Waals surface area contributed by atoms with Crippen molar-refractivity contribution in [3.63, 3.8) is 0 Å². The van der Waals surface area contributed by atoms with E-state index in [9.17, 15) is 19.3 Å². The molecule has 0 bridgehead atoms. The Morgan fingerprint density at radius 3 is 2.62 bits per heavy atom. The van der Waals surface area contributed by atoms with Crippen molar-refractivity contribution in [2.24, 2.45) is 0 Å². The highest BCUT2D eigenvalue weighted by Crippen LogP contribution is 2.22. The molecule has 0 N–H and O–H groups in total. The molecule has 1 aromatic carbocycles. The number of aryl methyl sites for hydroxylation is 1. The van der Waals surface area contributed by atoms with Crippen molar-refractivity contribution in [1.82, 2.24) is 4.90 Å². The highest BCUT2D eigenvalue weighted by atomic mass is 19.1. The van der Waals surface area contributed by atoms with Gasteiger partial charge < -0.3 is 9.64 Å². The number of carbonyl (C=O) groups excluding carboxylic acids is 1. The normalized spacial score (nSPS) is 10.5. The fourth-order valence-corrected chi connectivity index (χ4v) is 1.90. The molecule has 0 aliphatic rings. The third-order valence-corrected chi connectivity index (χ3v) is 3.06. The zero-order valence-electron chi connectivity index (χ0n) is 12.4. The molecule has 0 heterocycles. The fourth-order valence-electron chi connectivity index (χ4n) is 1.90. The van der Waals surface area contributed by atoms with Gasteiger partial charge >= 0.3 is 0 Å². The standard InChI is InChI=1S/C14H19FN2O4/c1-4-16(6-7-21-5-2)14(18)12-9-11(17(19)20)8-10(3)13(12)15/h8-9H,4-7H2,1-3H3. The van der Waals surface area contributed by atoms with Crippen LogP contribution in [0, 0.1) is 22.9 Å². The second-order valence-corrected chi connectivity index (χ2v) is 4.46. The van der Waals surface area contributed by atoms with Crippen molar-refractivity contribution < 1.29 is 18.8 Å². The quantitative estimate of drug-likeness (QED) is 0.440. The molecule has 0 aliphatic carbocycles. The van der Waals surface area contributed by atoms with E-state index in [2.05, 4.69) is 0 Å². The molecule has 0 aromatic heterocycles. The molecule has 1 aromatic rings. The first kappa shape index (κ1) is 17.0. The molecule has 0 spiro atoms. The summed E-state index contributed by atoms with van der Waals surface area (Å²) < 4.78 is 19.3. The predicted molar refractivity (Wildman–Crippen MR) is 75.9 cm³/mol. The number of halogens is 1. The molecule has 0 aliphatic heterocycles. The molecule has 0 atom stereocenters. The van der Waals surface area contributed by atoms with Gasteiger partial charge in [-0.25, -0.2) is 4.39 Å². The van der Waals surface area contributed by atoms with Gasteiger partial charge in [0.15, 0.2) is 0 Å². The number of benzene rings is 1. The van der Waals surface area contributed by atoms with Gasteiger partial charge in [0.25, 0.3) is 11.6 Å². The maximum Gasteiger partial charge on any atom is 0.270 e. The molecule has 21 heavy (non-hydrogen) atoms. The van der Waals surface area contributed by atoms with Crippen molar-refractivity contribution in [2.45, 2.75) is 20.8 Å². The highest BCUT2D eigenvalue weighted by molar-refractivity contribution is 5.95. The van der Waals surface area contributed by atoms with Gasteiger partial charge in [-0.1, -0.05) is 0 Å². The van der Waals surface area contributed by atoms with Crippen LogP contribution in [0.25, 0.3) is 0 Å². The van der Waals surface area contributed by atoms with Gasteiger partial charge in [0, 0.05) is 31.8 Å². The summed E-state index contributed by atoms with van der Waals surface area (Å²) in [6, 6.07) is 2.09. The van der Waals surface area contributed by atoms with E-state index >= 15 is 0 Å². The van der Waals surface area contributed by atoms with Gasteiger partial charge in [-0.3, -0.25) is 14.9 Å². The summed E-state index contributed by atoms with van der Waals surface area (Å²) in [5.41, 5.74) is -0.494. The molecule has 6 nitrogen and oxygen atoms in total. The molecular formula is C14H19FN2O4. The fraction of sp³-hybridized carbons (Fsp3) is 0.500. The van der Waals surface area contributed by atoms with E-state index < -0.39 is 16.6 Å². The number of non-ortho nitro benzene ring substituents is 1. The van der Waals surface area contributed by atoms with E-state index in [4.69, 9.17) is 4.74 Å². The lowest BCUT2D eigenvalue weighted by Crippen LogP contribution is -2.34. The van der Waals surface area contributed by atoms with Crippen molar-refractivity contribution in [3.05, 3.63) is 39.2 Å². The van der Waals surface area contributed by atoms with Crippen LogP contribution >= 0.6 is 0 Å². The Hall–Kier alpha value is -2.02. The second kappa shape index (κ2) is 7.68. The van der Waals surface area contributed by atoms with Crippen molar-refractivity contribution in [2.75, 3.05) is 26.3 Å². The second-order valence-electron chi connectivity index (χ2n) is 4.46. The summed E-state index contributed by atoms with van der Waals surface area (Å²) >= 11 is 0. The molecule has 116 valence electrons. The molecule has 0 saturated heterocycles. The van der Waals surface area contributed by atoms with Crippen LogP contribution in [0.5, 0.6) is 0 Å². The lowest BCUT2D eigenvalue weighted by atomic mass is 10.1. The van der Waals surface area contributed by atoms with E-state index in [1.54, 1.807) is 6.92 Å². The smallest absolute Gasteiger partial charge is 0.270 e. The molecule has 1 amide bonds. The Labute approximate surface area is 122 Å². The Kier molecular flexibility index (Phi) is 6.23. The van der Waals surface area contributed by atoms with Crippen LogP contribution in [0.4, 0.5) is 10.1 Å². The summed E-state index contributed by atoms with van der Waals surface area (Å²) in [7, 11) is 0. The van der Waals surface area contributed by atoms with Crippen molar-refractivity contribution >= 4 is 11.6 Å². The lowest BCUT2D eigenvalue weighted by Gasteiger charge is -2.21. The van der Waals surface area contributed by atoms with Crippen LogP contribution in [-0.2, 0) is 4.74 Å². The average molecular weight is 298 g/mol. The van der Waals surface area contributed by atoms with Crippen molar-refractivity contribution in [3.8, 4) is 0 Å². The SMILES string of the molecule is CCOCCN(CC)C(=O)c1cc([N+](=O)[O-])cc(C)c1F. The first-order chi connectivity index (χ1) is 9.92. The highest BCUT2D eigenvalue weighted by Gasteiger charge is 2.23. The van der Waals surface area contributed by atoms with Crippen LogP contribution in [0.3, 0.4) is 0 Å². The van der Waals surface area contributed by atoms with E-state index in [0.29, 0.717) is 26.3 Å². The monoisotopic (exact) mass is 298 g/mol. The Balaban J connectivity index is 3.06. The van der Waals surface area contributed by atoms with Crippen LogP contribution in [0.2, 0.25) is 0 Å². The van der Waals surface area contributed by atoms with Gasteiger partial charge in [0.2, 0.25) is 0 Å². The molecule has 0 fully saturated rings. The van der Waals surface area contributed by atoms with Crippen molar-refractivity contribution in [1.29, 1.82) is 0 Å². The molecule has 7 heteroatoms. The number of nitro groups is 1. The number of amides is 1. The van der Waals surface area contributed by atoms with E-state index in [1.807, 2.05) is 6.92 Å². The van der Waals surface area contributed by atoms with Crippen LogP contribution in [0.1, 0.15) is 29.8 Å². The number of hydrogen-bond acceptors (Lipinski definition) is 4. The number of likely N-dealkylation sites (N-methyl/N-ethyl adjacent to an activating group) is 1. The molecule has 1 rings (SSSR count). The summed E-state index contributed by atoms with van der Waals surface area (Å²) in [6.07, 6.45) is 0. The minimum absolute atomic E-state index is 0.0772. The Morgan fingerprint density at radius 1 is 1.43 bits per heavy atom. The zero-order valence-corrected chi connectivity index (χ0v) is 12.4. The first-order valence-electron chi connectivity index (χ1n) is 6.73. The van der Waals surface area contributed by atoms with Gasteiger partial charge in [-0.15, -0.1) is 0 Å². The maximum absolute atomic E-state index is 14.1. The number of carbonyl (C=O) groups is 1. The van der Waals surface area contributed by atoms with E-state index in [-0.39, 0.29) is 16.8 Å². The Bertz CT molecular complexity index is 534.